The van der Waals surface area contributed by atoms with Gasteiger partial charge < -0.3 is 10.6 Å². The van der Waals surface area contributed by atoms with Crippen molar-refractivity contribution in [1.82, 2.24) is 10.6 Å². The Hall–Kier alpha value is -1.06. The highest BCUT2D eigenvalue weighted by Gasteiger charge is 2.14. The SMILES string of the molecule is CCCCCC(NC=O)C(C)NC=O. The molecule has 0 aliphatic carbocycles. The van der Waals surface area contributed by atoms with Gasteiger partial charge in [0.15, 0.2) is 0 Å². The summed E-state index contributed by atoms with van der Waals surface area (Å²) >= 11 is 0. The number of carbonyl (C=O) groups is 2. The highest BCUT2D eigenvalue weighted by Crippen LogP contribution is 2.06. The van der Waals surface area contributed by atoms with E-state index < -0.39 is 0 Å². The van der Waals surface area contributed by atoms with Gasteiger partial charge in [0.1, 0.15) is 0 Å². The standard InChI is InChI=1S/C10H20N2O2/c1-3-4-5-6-10(12-8-14)9(2)11-7-13/h7-10H,3-6H2,1-2H3,(H,11,13)(H,12,14). The van der Waals surface area contributed by atoms with Crippen LogP contribution >= 0.6 is 0 Å². The third-order valence-corrected chi connectivity index (χ3v) is 2.34. The Morgan fingerprint density at radius 3 is 2.29 bits per heavy atom. The van der Waals surface area contributed by atoms with Gasteiger partial charge in [-0.2, -0.15) is 0 Å². The Kier molecular flexibility index (Phi) is 7.89. The maximum Gasteiger partial charge on any atom is 0.207 e. The summed E-state index contributed by atoms with van der Waals surface area (Å²) in [6, 6.07) is 0.0406. The van der Waals surface area contributed by atoms with Crippen molar-refractivity contribution in [2.24, 2.45) is 0 Å². The number of amides is 2. The molecule has 0 aliphatic heterocycles. The molecule has 0 fully saturated rings. The monoisotopic (exact) mass is 200 g/mol. The van der Waals surface area contributed by atoms with E-state index in [9.17, 15) is 9.59 Å². The van der Waals surface area contributed by atoms with Gasteiger partial charge in [0.25, 0.3) is 0 Å². The van der Waals surface area contributed by atoms with Crippen molar-refractivity contribution in [3.8, 4) is 0 Å². The Labute approximate surface area is 85.4 Å². The second-order valence-electron chi connectivity index (χ2n) is 3.46. The van der Waals surface area contributed by atoms with E-state index in [2.05, 4.69) is 17.6 Å². The van der Waals surface area contributed by atoms with Crippen LogP contribution in [0.15, 0.2) is 0 Å². The largest absolute Gasteiger partial charge is 0.354 e. The molecule has 0 aliphatic rings. The van der Waals surface area contributed by atoms with Crippen LogP contribution in [-0.4, -0.2) is 24.9 Å². The average molecular weight is 200 g/mol. The Morgan fingerprint density at radius 1 is 1.14 bits per heavy atom. The minimum absolute atomic E-state index is 0.00504. The van der Waals surface area contributed by atoms with Crippen LogP contribution in [0.1, 0.15) is 39.5 Å². The summed E-state index contributed by atoms with van der Waals surface area (Å²) in [5.74, 6) is 0. The molecular weight excluding hydrogens is 180 g/mol. The molecule has 0 heterocycles. The van der Waals surface area contributed by atoms with Gasteiger partial charge in [0.05, 0.1) is 0 Å². The summed E-state index contributed by atoms with van der Waals surface area (Å²) in [5.41, 5.74) is 0. The van der Waals surface area contributed by atoms with Crippen LogP contribution < -0.4 is 10.6 Å². The molecule has 2 unspecified atom stereocenters. The molecule has 14 heavy (non-hydrogen) atoms. The minimum Gasteiger partial charge on any atom is -0.354 e. The molecule has 0 aromatic heterocycles. The minimum atomic E-state index is -0.00504. The quantitative estimate of drug-likeness (QED) is 0.427. The maximum atomic E-state index is 10.3. The number of unbranched alkanes of at least 4 members (excludes halogenated alkanes) is 2. The van der Waals surface area contributed by atoms with Gasteiger partial charge in [0.2, 0.25) is 12.8 Å². The van der Waals surface area contributed by atoms with Crippen LogP contribution in [0.4, 0.5) is 0 Å². The lowest BCUT2D eigenvalue weighted by atomic mass is 10.0. The normalized spacial score (nSPS) is 14.1. The zero-order chi connectivity index (χ0) is 10.8. The van der Waals surface area contributed by atoms with E-state index >= 15 is 0 Å². The first-order chi connectivity index (χ1) is 6.76. The van der Waals surface area contributed by atoms with Gasteiger partial charge in [-0.1, -0.05) is 26.2 Å². The van der Waals surface area contributed by atoms with Crippen molar-refractivity contribution in [3.05, 3.63) is 0 Å². The molecule has 2 N–H and O–H groups in total. The topological polar surface area (TPSA) is 58.2 Å². The number of rotatable bonds is 9. The van der Waals surface area contributed by atoms with E-state index in [0.29, 0.717) is 12.8 Å². The first kappa shape index (κ1) is 12.9. The van der Waals surface area contributed by atoms with E-state index in [1.807, 2.05) is 6.92 Å². The molecule has 0 radical (unpaired) electrons. The zero-order valence-electron chi connectivity index (χ0n) is 8.95. The second-order valence-corrected chi connectivity index (χ2v) is 3.46. The third kappa shape index (κ3) is 5.56. The summed E-state index contributed by atoms with van der Waals surface area (Å²) in [4.78, 5) is 20.6. The summed E-state index contributed by atoms with van der Waals surface area (Å²) in [5, 5.41) is 5.38. The summed E-state index contributed by atoms with van der Waals surface area (Å²) in [7, 11) is 0. The number of nitrogens with one attached hydrogen (secondary N) is 2. The van der Waals surface area contributed by atoms with Crippen molar-refractivity contribution >= 4 is 12.8 Å². The molecule has 4 heteroatoms. The maximum absolute atomic E-state index is 10.3. The van der Waals surface area contributed by atoms with Crippen LogP contribution in [0.5, 0.6) is 0 Å². The molecule has 0 saturated heterocycles. The summed E-state index contributed by atoms with van der Waals surface area (Å²) < 4.78 is 0. The molecule has 82 valence electrons. The van der Waals surface area contributed by atoms with Gasteiger partial charge >= 0.3 is 0 Å². The third-order valence-electron chi connectivity index (χ3n) is 2.34. The summed E-state index contributed by atoms with van der Waals surface area (Å²) in [6.07, 6.45) is 5.67. The molecule has 2 amide bonds. The summed E-state index contributed by atoms with van der Waals surface area (Å²) in [6.45, 7) is 4.02. The van der Waals surface area contributed by atoms with Gasteiger partial charge in [-0.05, 0) is 13.3 Å². The van der Waals surface area contributed by atoms with Gasteiger partial charge in [0, 0.05) is 12.1 Å². The number of hydrogen-bond acceptors (Lipinski definition) is 2. The Morgan fingerprint density at radius 2 is 1.79 bits per heavy atom. The molecule has 0 bridgehead atoms. The van der Waals surface area contributed by atoms with Crippen LogP contribution in [0, 0.1) is 0 Å². The fraction of sp³-hybridized carbons (Fsp3) is 0.800. The molecule has 2 atom stereocenters. The highest BCUT2D eigenvalue weighted by atomic mass is 16.1. The number of carbonyl (C=O) groups excluding carboxylic acids is 2. The fourth-order valence-electron chi connectivity index (χ4n) is 1.40. The lowest BCUT2D eigenvalue weighted by Crippen LogP contribution is -2.45. The van der Waals surface area contributed by atoms with Crippen molar-refractivity contribution in [2.75, 3.05) is 0 Å². The van der Waals surface area contributed by atoms with E-state index in [-0.39, 0.29) is 12.1 Å². The zero-order valence-corrected chi connectivity index (χ0v) is 8.95. The van der Waals surface area contributed by atoms with E-state index in [1.54, 1.807) is 0 Å². The molecule has 0 saturated carbocycles. The van der Waals surface area contributed by atoms with Gasteiger partial charge in [-0.25, -0.2) is 0 Å². The van der Waals surface area contributed by atoms with Gasteiger partial charge in [-0.15, -0.1) is 0 Å². The van der Waals surface area contributed by atoms with Crippen LogP contribution in [0.2, 0.25) is 0 Å². The van der Waals surface area contributed by atoms with Crippen molar-refractivity contribution in [3.63, 3.8) is 0 Å². The van der Waals surface area contributed by atoms with Crippen molar-refractivity contribution in [1.29, 1.82) is 0 Å². The molecular formula is C10H20N2O2. The fourth-order valence-corrected chi connectivity index (χ4v) is 1.40. The first-order valence-corrected chi connectivity index (χ1v) is 5.15. The van der Waals surface area contributed by atoms with Crippen LogP contribution in [0.25, 0.3) is 0 Å². The molecule has 0 aromatic carbocycles. The predicted molar refractivity (Wildman–Crippen MR) is 55.8 cm³/mol. The number of hydrogen-bond donors (Lipinski definition) is 2. The molecule has 0 aromatic rings. The first-order valence-electron chi connectivity index (χ1n) is 5.15. The van der Waals surface area contributed by atoms with E-state index in [0.717, 1.165) is 25.7 Å². The second kappa shape index (κ2) is 8.53. The average Bonchev–Trinajstić information content (AvgIpc) is 2.17. The van der Waals surface area contributed by atoms with Gasteiger partial charge in [-0.3, -0.25) is 9.59 Å². The molecule has 0 spiro atoms. The van der Waals surface area contributed by atoms with Crippen molar-refractivity contribution < 1.29 is 9.59 Å². The lowest BCUT2D eigenvalue weighted by molar-refractivity contribution is -0.112. The van der Waals surface area contributed by atoms with Crippen LogP contribution in [-0.2, 0) is 9.59 Å². The van der Waals surface area contributed by atoms with E-state index in [1.165, 1.54) is 0 Å². The van der Waals surface area contributed by atoms with E-state index in [4.69, 9.17) is 0 Å². The molecule has 0 rings (SSSR count). The lowest BCUT2D eigenvalue weighted by Gasteiger charge is -2.22. The highest BCUT2D eigenvalue weighted by molar-refractivity contribution is 5.49. The molecule has 4 nitrogen and oxygen atoms in total. The smallest absolute Gasteiger partial charge is 0.207 e. The van der Waals surface area contributed by atoms with Crippen molar-refractivity contribution in [2.45, 2.75) is 51.6 Å². The van der Waals surface area contributed by atoms with Crippen LogP contribution in [0.3, 0.4) is 0 Å². The Bertz CT molecular complexity index is 162. The predicted octanol–water partition coefficient (Wildman–Crippen LogP) is 0.816. The Balaban J connectivity index is 3.85.